The van der Waals surface area contributed by atoms with Gasteiger partial charge < -0.3 is 5.32 Å². The Morgan fingerprint density at radius 3 is 2.84 bits per heavy atom. The molecule has 0 fully saturated rings. The predicted molar refractivity (Wildman–Crippen MR) is 97.7 cm³/mol. The lowest BCUT2D eigenvalue weighted by atomic mass is 10.2. The maximum atomic E-state index is 13.7. The Kier molecular flexibility index (Phi) is 5.06. The van der Waals surface area contributed by atoms with Gasteiger partial charge in [0.2, 0.25) is 5.91 Å². The summed E-state index contributed by atoms with van der Waals surface area (Å²) in [6.45, 7) is 0. The molecule has 8 heteroatoms. The van der Waals surface area contributed by atoms with Crippen LogP contribution in [0.5, 0.6) is 0 Å². The maximum absolute atomic E-state index is 13.7. The van der Waals surface area contributed by atoms with E-state index in [-0.39, 0.29) is 22.0 Å². The third kappa shape index (κ3) is 3.83. The Balaban J connectivity index is 1.75. The van der Waals surface area contributed by atoms with Gasteiger partial charge in [0.15, 0.2) is 5.16 Å². The number of halogens is 2. The molecule has 128 valence electrons. The highest BCUT2D eigenvalue weighted by Crippen LogP contribution is 2.20. The average Bonchev–Trinajstić information content (AvgIpc) is 2.59. The largest absolute Gasteiger partial charge is 0.323 e. The molecule has 0 unspecified atom stereocenters. The van der Waals surface area contributed by atoms with Gasteiger partial charge in [-0.3, -0.25) is 14.2 Å². The molecule has 3 aromatic rings. The van der Waals surface area contributed by atoms with E-state index in [0.717, 1.165) is 17.8 Å². The van der Waals surface area contributed by atoms with Crippen LogP contribution in [0.25, 0.3) is 10.9 Å². The first-order valence-electron chi connectivity index (χ1n) is 7.29. The molecule has 0 saturated heterocycles. The van der Waals surface area contributed by atoms with Crippen LogP contribution in [-0.2, 0) is 11.8 Å². The number of aromatic nitrogens is 2. The zero-order chi connectivity index (χ0) is 18.0. The number of carbonyl (C=O) groups excluding carboxylic acids is 1. The highest BCUT2D eigenvalue weighted by atomic mass is 35.5. The summed E-state index contributed by atoms with van der Waals surface area (Å²) in [5, 5.41) is 3.65. The Morgan fingerprint density at radius 2 is 2.08 bits per heavy atom. The van der Waals surface area contributed by atoms with E-state index in [1.165, 1.54) is 16.7 Å². The molecule has 25 heavy (non-hydrogen) atoms. The van der Waals surface area contributed by atoms with E-state index >= 15 is 0 Å². The van der Waals surface area contributed by atoms with Crippen molar-refractivity contribution < 1.29 is 9.18 Å². The number of rotatable bonds is 4. The number of hydrogen-bond acceptors (Lipinski definition) is 4. The summed E-state index contributed by atoms with van der Waals surface area (Å²) < 4.78 is 15.1. The van der Waals surface area contributed by atoms with Crippen LogP contribution in [0.15, 0.2) is 52.4 Å². The molecule has 0 bridgehead atoms. The normalized spacial score (nSPS) is 10.8. The van der Waals surface area contributed by atoms with Gasteiger partial charge in [0.1, 0.15) is 5.82 Å². The van der Waals surface area contributed by atoms with Gasteiger partial charge in [-0.2, -0.15) is 0 Å². The SMILES string of the molecule is Cn1c(SCC(=O)Nc2ccc(Cl)cc2F)nc2ccccc2c1=O. The van der Waals surface area contributed by atoms with Crippen molar-refractivity contribution >= 4 is 45.9 Å². The first-order valence-corrected chi connectivity index (χ1v) is 8.65. The van der Waals surface area contributed by atoms with Crippen LogP contribution < -0.4 is 10.9 Å². The van der Waals surface area contributed by atoms with Gasteiger partial charge >= 0.3 is 0 Å². The number of anilines is 1. The molecule has 1 heterocycles. The van der Waals surface area contributed by atoms with E-state index < -0.39 is 11.7 Å². The number of para-hydroxylation sites is 1. The number of thioether (sulfide) groups is 1. The van der Waals surface area contributed by atoms with Crippen LogP contribution in [0.4, 0.5) is 10.1 Å². The number of amides is 1. The second-order valence-electron chi connectivity index (χ2n) is 5.24. The van der Waals surface area contributed by atoms with Crippen molar-refractivity contribution in [2.75, 3.05) is 11.1 Å². The molecular formula is C17H13ClFN3O2S. The topological polar surface area (TPSA) is 64.0 Å². The quantitative estimate of drug-likeness (QED) is 0.558. The maximum Gasteiger partial charge on any atom is 0.261 e. The molecule has 0 aliphatic heterocycles. The van der Waals surface area contributed by atoms with Crippen molar-refractivity contribution in [3.05, 3.63) is 63.7 Å². The van der Waals surface area contributed by atoms with Crippen LogP contribution in [0.2, 0.25) is 5.02 Å². The molecular weight excluding hydrogens is 365 g/mol. The van der Waals surface area contributed by atoms with Crippen molar-refractivity contribution in [2.24, 2.45) is 7.05 Å². The third-order valence-electron chi connectivity index (χ3n) is 3.48. The first kappa shape index (κ1) is 17.4. The average molecular weight is 378 g/mol. The monoisotopic (exact) mass is 377 g/mol. The van der Waals surface area contributed by atoms with Crippen LogP contribution in [0.3, 0.4) is 0 Å². The van der Waals surface area contributed by atoms with Gasteiger partial charge in [0.25, 0.3) is 5.56 Å². The summed E-state index contributed by atoms with van der Waals surface area (Å²) in [4.78, 5) is 28.7. The highest BCUT2D eigenvalue weighted by Gasteiger charge is 2.12. The fourth-order valence-electron chi connectivity index (χ4n) is 2.23. The minimum Gasteiger partial charge on any atom is -0.323 e. The van der Waals surface area contributed by atoms with E-state index in [1.807, 2.05) is 0 Å². The van der Waals surface area contributed by atoms with E-state index in [4.69, 9.17) is 11.6 Å². The van der Waals surface area contributed by atoms with E-state index in [2.05, 4.69) is 10.3 Å². The number of carbonyl (C=O) groups is 1. The predicted octanol–water partition coefficient (Wildman–Crippen LogP) is 3.46. The standard InChI is InChI=1S/C17H13ClFN3O2S/c1-22-16(24)11-4-2-3-5-13(11)21-17(22)25-9-15(23)20-14-7-6-10(18)8-12(14)19/h2-8H,9H2,1H3,(H,20,23). The molecule has 1 aromatic heterocycles. The Morgan fingerprint density at radius 1 is 1.32 bits per heavy atom. The van der Waals surface area contributed by atoms with Gasteiger partial charge in [0.05, 0.1) is 22.3 Å². The lowest BCUT2D eigenvalue weighted by Gasteiger charge is -2.09. The van der Waals surface area contributed by atoms with Crippen molar-refractivity contribution in [2.45, 2.75) is 5.16 Å². The Labute approximate surface area is 151 Å². The van der Waals surface area contributed by atoms with Crippen molar-refractivity contribution in [1.82, 2.24) is 9.55 Å². The molecule has 0 aliphatic carbocycles. The molecule has 0 saturated carbocycles. The number of fused-ring (bicyclic) bond motifs is 1. The van der Waals surface area contributed by atoms with Gasteiger partial charge in [-0.25, -0.2) is 9.37 Å². The fraction of sp³-hybridized carbons (Fsp3) is 0.118. The molecule has 0 atom stereocenters. The molecule has 5 nitrogen and oxygen atoms in total. The smallest absolute Gasteiger partial charge is 0.261 e. The zero-order valence-electron chi connectivity index (χ0n) is 13.1. The Hall–Kier alpha value is -2.38. The van der Waals surface area contributed by atoms with Crippen molar-refractivity contribution in [1.29, 1.82) is 0 Å². The summed E-state index contributed by atoms with van der Waals surface area (Å²) in [5.41, 5.74) is 0.435. The van der Waals surface area contributed by atoms with Crippen LogP contribution >= 0.6 is 23.4 Å². The summed E-state index contributed by atoms with van der Waals surface area (Å²) >= 11 is 6.78. The van der Waals surface area contributed by atoms with E-state index in [9.17, 15) is 14.0 Å². The summed E-state index contributed by atoms with van der Waals surface area (Å²) in [7, 11) is 1.60. The molecule has 1 amide bonds. The molecule has 3 rings (SSSR count). The van der Waals surface area contributed by atoms with Gasteiger partial charge in [-0.1, -0.05) is 35.5 Å². The van der Waals surface area contributed by atoms with Crippen molar-refractivity contribution in [3.63, 3.8) is 0 Å². The second-order valence-corrected chi connectivity index (χ2v) is 6.62. The number of nitrogens with one attached hydrogen (secondary N) is 1. The fourth-order valence-corrected chi connectivity index (χ4v) is 3.16. The van der Waals surface area contributed by atoms with Crippen molar-refractivity contribution in [3.8, 4) is 0 Å². The molecule has 0 spiro atoms. The van der Waals surface area contributed by atoms with Gasteiger partial charge in [-0.15, -0.1) is 0 Å². The lowest BCUT2D eigenvalue weighted by Crippen LogP contribution is -2.21. The van der Waals surface area contributed by atoms with Crippen LogP contribution in [0, 0.1) is 5.82 Å². The van der Waals surface area contributed by atoms with Gasteiger partial charge in [0, 0.05) is 12.1 Å². The van der Waals surface area contributed by atoms with Crippen LogP contribution in [-0.4, -0.2) is 21.2 Å². The first-order chi connectivity index (χ1) is 12.0. The number of benzene rings is 2. The summed E-state index contributed by atoms with van der Waals surface area (Å²) in [6.07, 6.45) is 0. The lowest BCUT2D eigenvalue weighted by molar-refractivity contribution is -0.113. The minimum atomic E-state index is -0.609. The Bertz CT molecular complexity index is 1020. The second kappa shape index (κ2) is 7.25. The van der Waals surface area contributed by atoms with Crippen LogP contribution in [0.1, 0.15) is 0 Å². The molecule has 2 aromatic carbocycles. The molecule has 0 aliphatic rings. The summed E-state index contributed by atoms with van der Waals surface area (Å²) in [5.74, 6) is -1.03. The highest BCUT2D eigenvalue weighted by molar-refractivity contribution is 7.99. The van der Waals surface area contributed by atoms with E-state index in [0.29, 0.717) is 16.1 Å². The summed E-state index contributed by atoms with van der Waals surface area (Å²) in [6, 6.07) is 11.0. The molecule has 1 N–H and O–H groups in total. The van der Waals surface area contributed by atoms with Gasteiger partial charge in [-0.05, 0) is 30.3 Å². The molecule has 0 radical (unpaired) electrons. The van der Waals surface area contributed by atoms with E-state index in [1.54, 1.807) is 31.3 Å². The third-order valence-corrected chi connectivity index (χ3v) is 4.74. The number of hydrogen-bond donors (Lipinski definition) is 1. The number of nitrogens with zero attached hydrogens (tertiary/aromatic N) is 2. The minimum absolute atomic E-state index is 0.0132. The zero-order valence-corrected chi connectivity index (χ0v) is 14.7.